The standard InChI is InChI=1S/C14H11F2NO2S/c15-14(16)20-12-8-4-3-7-11(12)17-10-6-2-1-5-9(10)13(18)19/h1-8,14,17H,(H,18,19). The lowest BCUT2D eigenvalue weighted by molar-refractivity contribution is 0.0698. The highest BCUT2D eigenvalue weighted by molar-refractivity contribution is 7.99. The molecule has 2 aromatic rings. The van der Waals surface area contributed by atoms with Crippen LogP contribution < -0.4 is 5.32 Å². The predicted octanol–water partition coefficient (Wildman–Crippen LogP) is 4.44. The number of anilines is 2. The maximum Gasteiger partial charge on any atom is 0.337 e. The fourth-order valence-corrected chi connectivity index (χ4v) is 2.29. The Morgan fingerprint density at radius 2 is 1.65 bits per heavy atom. The molecule has 0 saturated carbocycles. The molecule has 104 valence electrons. The van der Waals surface area contributed by atoms with Gasteiger partial charge in [0.2, 0.25) is 0 Å². The van der Waals surface area contributed by atoms with Crippen molar-refractivity contribution in [2.24, 2.45) is 0 Å². The van der Waals surface area contributed by atoms with Gasteiger partial charge in [-0.2, -0.15) is 8.78 Å². The lowest BCUT2D eigenvalue weighted by atomic mass is 10.1. The van der Waals surface area contributed by atoms with Crippen molar-refractivity contribution >= 4 is 29.1 Å². The minimum Gasteiger partial charge on any atom is -0.478 e. The zero-order valence-corrected chi connectivity index (χ0v) is 11.0. The minimum absolute atomic E-state index is 0.0874. The highest BCUT2D eigenvalue weighted by atomic mass is 32.2. The number of carboxylic acid groups (broad SMARTS) is 1. The van der Waals surface area contributed by atoms with Crippen molar-refractivity contribution < 1.29 is 18.7 Å². The number of hydrogen-bond donors (Lipinski definition) is 2. The lowest BCUT2D eigenvalue weighted by Crippen LogP contribution is -2.03. The van der Waals surface area contributed by atoms with Crippen molar-refractivity contribution in [2.75, 3.05) is 5.32 Å². The molecule has 0 amide bonds. The number of nitrogens with one attached hydrogen (secondary N) is 1. The van der Waals surface area contributed by atoms with E-state index in [0.29, 0.717) is 28.0 Å². The van der Waals surface area contributed by atoms with Crippen LogP contribution in [0.1, 0.15) is 10.4 Å². The summed E-state index contributed by atoms with van der Waals surface area (Å²) < 4.78 is 25.0. The highest BCUT2D eigenvalue weighted by Gasteiger charge is 2.13. The van der Waals surface area contributed by atoms with Gasteiger partial charge >= 0.3 is 5.97 Å². The number of rotatable bonds is 5. The number of carboxylic acids is 1. The molecule has 0 unspecified atom stereocenters. The second-order valence-corrected chi connectivity index (χ2v) is 4.88. The molecule has 2 N–H and O–H groups in total. The Morgan fingerprint density at radius 3 is 2.30 bits per heavy atom. The van der Waals surface area contributed by atoms with Crippen molar-refractivity contribution in [3.8, 4) is 0 Å². The molecule has 0 aliphatic heterocycles. The van der Waals surface area contributed by atoms with Crippen molar-refractivity contribution in [3.63, 3.8) is 0 Å². The van der Waals surface area contributed by atoms with E-state index in [9.17, 15) is 13.6 Å². The normalized spacial score (nSPS) is 10.6. The Balaban J connectivity index is 2.33. The van der Waals surface area contributed by atoms with E-state index in [1.54, 1.807) is 42.5 Å². The van der Waals surface area contributed by atoms with Gasteiger partial charge in [0.05, 0.1) is 16.9 Å². The van der Waals surface area contributed by atoms with Crippen molar-refractivity contribution in [3.05, 3.63) is 54.1 Å². The summed E-state index contributed by atoms with van der Waals surface area (Å²) in [6, 6.07) is 12.9. The summed E-state index contributed by atoms with van der Waals surface area (Å²) in [6.07, 6.45) is 0. The molecule has 0 fully saturated rings. The van der Waals surface area contributed by atoms with Crippen LogP contribution in [0, 0.1) is 0 Å². The van der Waals surface area contributed by atoms with Crippen LogP contribution in [0.15, 0.2) is 53.4 Å². The number of benzene rings is 2. The molecule has 0 bridgehead atoms. The van der Waals surface area contributed by atoms with Gasteiger partial charge in [-0.05, 0) is 24.3 Å². The SMILES string of the molecule is O=C(O)c1ccccc1Nc1ccccc1SC(F)F. The first-order valence-corrected chi connectivity index (χ1v) is 6.59. The minimum atomic E-state index is -2.53. The molecule has 0 aliphatic carbocycles. The smallest absolute Gasteiger partial charge is 0.337 e. The molecule has 0 saturated heterocycles. The number of thioether (sulfide) groups is 1. The van der Waals surface area contributed by atoms with Gasteiger partial charge in [-0.3, -0.25) is 0 Å². The van der Waals surface area contributed by atoms with Gasteiger partial charge in [0.1, 0.15) is 0 Å². The topological polar surface area (TPSA) is 49.3 Å². The van der Waals surface area contributed by atoms with Gasteiger partial charge in [0, 0.05) is 4.90 Å². The zero-order valence-electron chi connectivity index (χ0n) is 10.2. The predicted molar refractivity (Wildman–Crippen MR) is 75.0 cm³/mol. The van der Waals surface area contributed by atoms with Crippen LogP contribution in [0.2, 0.25) is 0 Å². The number of para-hydroxylation sites is 2. The fraction of sp³-hybridized carbons (Fsp3) is 0.0714. The van der Waals surface area contributed by atoms with E-state index in [0.717, 1.165) is 0 Å². The largest absolute Gasteiger partial charge is 0.478 e. The molecule has 2 rings (SSSR count). The van der Waals surface area contributed by atoms with E-state index in [2.05, 4.69) is 5.32 Å². The Kier molecular flexibility index (Phi) is 4.57. The van der Waals surface area contributed by atoms with Gasteiger partial charge in [0.25, 0.3) is 5.76 Å². The Bertz CT molecular complexity index is 620. The molecular weight excluding hydrogens is 284 g/mol. The molecule has 0 heterocycles. The van der Waals surface area contributed by atoms with Crippen molar-refractivity contribution in [2.45, 2.75) is 10.7 Å². The van der Waals surface area contributed by atoms with E-state index in [-0.39, 0.29) is 5.56 Å². The third kappa shape index (κ3) is 3.48. The first-order valence-electron chi connectivity index (χ1n) is 5.71. The third-order valence-corrected chi connectivity index (χ3v) is 3.32. The number of hydrogen-bond acceptors (Lipinski definition) is 3. The van der Waals surface area contributed by atoms with Crippen molar-refractivity contribution in [1.29, 1.82) is 0 Å². The quantitative estimate of drug-likeness (QED) is 0.800. The molecule has 0 aliphatic rings. The highest BCUT2D eigenvalue weighted by Crippen LogP contribution is 2.33. The van der Waals surface area contributed by atoms with Crippen LogP contribution in [-0.4, -0.2) is 16.8 Å². The monoisotopic (exact) mass is 295 g/mol. The van der Waals surface area contributed by atoms with E-state index in [1.165, 1.54) is 6.07 Å². The lowest BCUT2D eigenvalue weighted by Gasteiger charge is -2.13. The van der Waals surface area contributed by atoms with Crippen LogP contribution in [0.5, 0.6) is 0 Å². The molecule has 2 aromatic carbocycles. The average Bonchev–Trinajstić information content (AvgIpc) is 2.41. The van der Waals surface area contributed by atoms with Crippen LogP contribution in [0.3, 0.4) is 0 Å². The maximum absolute atomic E-state index is 12.5. The number of alkyl halides is 2. The summed E-state index contributed by atoms with van der Waals surface area (Å²) in [5.74, 6) is -3.61. The molecule has 20 heavy (non-hydrogen) atoms. The Labute approximate surface area is 118 Å². The zero-order chi connectivity index (χ0) is 14.5. The van der Waals surface area contributed by atoms with Crippen LogP contribution in [-0.2, 0) is 0 Å². The summed E-state index contributed by atoms with van der Waals surface area (Å²) in [5, 5.41) is 12.0. The summed E-state index contributed by atoms with van der Waals surface area (Å²) in [7, 11) is 0. The summed E-state index contributed by atoms with van der Waals surface area (Å²) >= 11 is 0.415. The van der Waals surface area contributed by atoms with Crippen LogP contribution in [0.4, 0.5) is 20.2 Å². The first-order chi connectivity index (χ1) is 9.58. The van der Waals surface area contributed by atoms with Crippen LogP contribution in [0.25, 0.3) is 0 Å². The second kappa shape index (κ2) is 6.38. The molecule has 0 radical (unpaired) electrons. The summed E-state index contributed by atoms with van der Waals surface area (Å²) in [4.78, 5) is 11.5. The van der Waals surface area contributed by atoms with Gasteiger partial charge in [-0.25, -0.2) is 4.79 Å². The number of carbonyl (C=O) groups is 1. The Hall–Kier alpha value is -2.08. The van der Waals surface area contributed by atoms with E-state index >= 15 is 0 Å². The molecule has 3 nitrogen and oxygen atoms in total. The van der Waals surface area contributed by atoms with E-state index < -0.39 is 11.7 Å². The summed E-state index contributed by atoms with van der Waals surface area (Å²) in [5.41, 5.74) is 0.901. The molecule has 0 atom stereocenters. The summed E-state index contributed by atoms with van der Waals surface area (Å²) in [6.45, 7) is 0. The van der Waals surface area contributed by atoms with Gasteiger partial charge in [0.15, 0.2) is 0 Å². The average molecular weight is 295 g/mol. The van der Waals surface area contributed by atoms with E-state index in [1.807, 2.05) is 0 Å². The van der Waals surface area contributed by atoms with Gasteiger partial charge < -0.3 is 10.4 Å². The van der Waals surface area contributed by atoms with Crippen LogP contribution >= 0.6 is 11.8 Å². The molecule has 0 aromatic heterocycles. The van der Waals surface area contributed by atoms with Crippen molar-refractivity contribution in [1.82, 2.24) is 0 Å². The van der Waals surface area contributed by atoms with E-state index in [4.69, 9.17) is 5.11 Å². The second-order valence-electron chi connectivity index (χ2n) is 3.85. The fourth-order valence-electron chi connectivity index (χ4n) is 1.69. The first kappa shape index (κ1) is 14.3. The third-order valence-electron chi connectivity index (χ3n) is 2.53. The molecule has 0 spiro atoms. The number of aromatic carboxylic acids is 1. The molecule has 6 heteroatoms. The maximum atomic E-state index is 12.5. The number of halogens is 2. The van der Waals surface area contributed by atoms with Gasteiger partial charge in [-0.1, -0.05) is 36.0 Å². The molecular formula is C14H11F2NO2S. The Morgan fingerprint density at radius 1 is 1.05 bits per heavy atom. The van der Waals surface area contributed by atoms with Gasteiger partial charge in [-0.15, -0.1) is 0 Å².